The van der Waals surface area contributed by atoms with Gasteiger partial charge in [0.25, 0.3) is 0 Å². The fourth-order valence-corrected chi connectivity index (χ4v) is 1.43. The summed E-state index contributed by atoms with van der Waals surface area (Å²) in [5.41, 5.74) is 30.6. The summed E-state index contributed by atoms with van der Waals surface area (Å²) in [7, 11) is 0. The molecule has 0 aromatic carbocycles. The van der Waals surface area contributed by atoms with Crippen LogP contribution in [0.5, 0.6) is 0 Å². The number of nitrogens with two attached hydrogens (primary N) is 6. The van der Waals surface area contributed by atoms with E-state index >= 15 is 0 Å². The molecule has 0 saturated heterocycles. The van der Waals surface area contributed by atoms with Gasteiger partial charge in [0, 0.05) is 25.2 Å². The van der Waals surface area contributed by atoms with Gasteiger partial charge in [-0.3, -0.25) is 19.6 Å². The van der Waals surface area contributed by atoms with Crippen LogP contribution in [0, 0.1) is 0 Å². The third-order valence-electron chi connectivity index (χ3n) is 2.94. The maximum atomic E-state index is 10.2. The summed E-state index contributed by atoms with van der Waals surface area (Å²) in [5, 5.41) is 32.4. The van der Waals surface area contributed by atoms with E-state index in [-0.39, 0.29) is 11.9 Å². The lowest BCUT2D eigenvalue weighted by Crippen LogP contribution is -2.30. The fourth-order valence-electron chi connectivity index (χ4n) is 1.43. The Morgan fingerprint density at radius 3 is 1.12 bits per heavy atom. The van der Waals surface area contributed by atoms with Crippen molar-refractivity contribution in [3.8, 4) is 0 Å². The van der Waals surface area contributed by atoms with Crippen molar-refractivity contribution in [2.45, 2.75) is 37.8 Å². The lowest BCUT2D eigenvalue weighted by Gasteiger charge is -2.03. The number of carbonyl (C=O) groups is 4. The molecule has 184 valence electrons. The van der Waals surface area contributed by atoms with Crippen molar-refractivity contribution in [2.24, 2.45) is 44.4 Å². The van der Waals surface area contributed by atoms with Gasteiger partial charge in [-0.15, -0.1) is 0 Å². The zero-order valence-corrected chi connectivity index (χ0v) is 17.3. The summed E-state index contributed by atoms with van der Waals surface area (Å²) in [6, 6.07) is -1.64. The number of rotatable bonds is 12. The smallest absolute Gasteiger partial charge is 0.328 e. The van der Waals surface area contributed by atoms with E-state index in [9.17, 15) is 19.2 Å². The van der Waals surface area contributed by atoms with E-state index < -0.39 is 36.0 Å². The number of hydrogen-bond acceptors (Lipinski definition) is 8. The van der Waals surface area contributed by atoms with Crippen molar-refractivity contribution in [3.05, 3.63) is 12.2 Å². The first-order valence-electron chi connectivity index (χ1n) is 8.92. The van der Waals surface area contributed by atoms with Crippen LogP contribution in [0.1, 0.15) is 25.7 Å². The molecule has 0 aliphatic heterocycles. The van der Waals surface area contributed by atoms with Crippen molar-refractivity contribution in [2.75, 3.05) is 13.1 Å². The lowest BCUT2D eigenvalue weighted by atomic mass is 10.2. The molecule has 32 heavy (non-hydrogen) atoms. The van der Waals surface area contributed by atoms with E-state index in [0.717, 1.165) is 0 Å². The molecule has 0 spiro atoms. The summed E-state index contributed by atoms with van der Waals surface area (Å²) in [6.45, 7) is 0.840. The Morgan fingerprint density at radius 2 is 0.938 bits per heavy atom. The Morgan fingerprint density at radius 1 is 0.656 bits per heavy atom. The van der Waals surface area contributed by atoms with E-state index in [1.54, 1.807) is 0 Å². The second kappa shape index (κ2) is 20.4. The average Bonchev–Trinajstić information content (AvgIpc) is 2.67. The summed E-state index contributed by atoms with van der Waals surface area (Å²) < 4.78 is 0. The van der Waals surface area contributed by atoms with Gasteiger partial charge in [0.15, 0.2) is 11.9 Å². The highest BCUT2D eigenvalue weighted by Crippen LogP contribution is 1.95. The van der Waals surface area contributed by atoms with Crippen molar-refractivity contribution in [1.82, 2.24) is 0 Å². The molecule has 16 nitrogen and oxygen atoms in total. The first kappa shape index (κ1) is 32.7. The molecule has 0 heterocycles. The third-order valence-corrected chi connectivity index (χ3v) is 2.94. The highest BCUT2D eigenvalue weighted by atomic mass is 16.4. The van der Waals surface area contributed by atoms with Gasteiger partial charge >= 0.3 is 23.9 Å². The maximum Gasteiger partial charge on any atom is 0.328 e. The summed E-state index contributed by atoms with van der Waals surface area (Å²) in [6.07, 6.45) is 3.03. The quantitative estimate of drug-likeness (QED) is 0.0582. The molecule has 0 aliphatic rings. The Labute approximate surface area is 183 Å². The predicted octanol–water partition coefficient (Wildman–Crippen LogP) is -3.38. The van der Waals surface area contributed by atoms with Gasteiger partial charge < -0.3 is 54.8 Å². The van der Waals surface area contributed by atoms with E-state index in [2.05, 4.69) is 9.98 Å². The zero-order valence-electron chi connectivity index (χ0n) is 17.3. The van der Waals surface area contributed by atoms with Gasteiger partial charge in [-0.2, -0.15) is 0 Å². The summed E-state index contributed by atoms with van der Waals surface area (Å²) in [4.78, 5) is 46.9. The number of nitrogens with zero attached hydrogens (tertiary/aromatic N) is 2. The van der Waals surface area contributed by atoms with E-state index in [0.29, 0.717) is 50.9 Å². The minimum Gasteiger partial charge on any atom is -0.480 e. The topological polar surface area (TPSA) is 330 Å². The normalized spacial score (nSPS) is 11.4. The molecule has 0 unspecified atom stereocenters. The predicted molar refractivity (Wildman–Crippen MR) is 115 cm³/mol. The first-order valence-corrected chi connectivity index (χ1v) is 8.92. The number of aliphatic imine (C=N–C) groups is 2. The van der Waals surface area contributed by atoms with Crippen molar-refractivity contribution >= 4 is 35.8 Å². The molecule has 0 aromatic rings. The number of hydrogen-bond donors (Lipinski definition) is 10. The summed E-state index contributed by atoms with van der Waals surface area (Å²) in [5.74, 6) is -4.49. The van der Waals surface area contributed by atoms with Crippen LogP contribution in [0.4, 0.5) is 0 Å². The van der Waals surface area contributed by atoms with E-state index in [4.69, 9.17) is 54.8 Å². The second-order valence-corrected chi connectivity index (χ2v) is 5.80. The highest BCUT2D eigenvalue weighted by Gasteiger charge is 2.10. The Bertz CT molecular complexity index is 617. The molecule has 0 bridgehead atoms. The fraction of sp³-hybridized carbons (Fsp3) is 0.500. The largest absolute Gasteiger partial charge is 0.480 e. The van der Waals surface area contributed by atoms with Crippen LogP contribution in [0.15, 0.2) is 22.1 Å². The molecule has 0 radical (unpaired) electrons. The number of guanidine groups is 2. The van der Waals surface area contributed by atoms with Gasteiger partial charge in [-0.1, -0.05) is 0 Å². The Kier molecular flexibility index (Phi) is 20.8. The van der Waals surface area contributed by atoms with E-state index in [1.165, 1.54) is 0 Å². The minimum atomic E-state index is -1.26. The molecule has 0 rings (SSSR count). The lowest BCUT2D eigenvalue weighted by molar-refractivity contribution is -0.139. The molecule has 16 N–H and O–H groups in total. The molecule has 16 heteroatoms. The number of carboxylic acids is 4. The molecular formula is C16H32N8O8. The van der Waals surface area contributed by atoms with Crippen molar-refractivity contribution < 1.29 is 39.6 Å². The van der Waals surface area contributed by atoms with Crippen LogP contribution in [0.3, 0.4) is 0 Å². The molecule has 0 amide bonds. The Hall–Kier alpha value is -3.92. The molecule has 0 aliphatic carbocycles. The monoisotopic (exact) mass is 464 g/mol. The average molecular weight is 464 g/mol. The third kappa shape index (κ3) is 30.8. The van der Waals surface area contributed by atoms with Crippen LogP contribution in [-0.2, 0) is 19.2 Å². The Balaban J connectivity index is -0.000000404. The zero-order chi connectivity index (χ0) is 25.7. The van der Waals surface area contributed by atoms with Crippen LogP contribution >= 0.6 is 0 Å². The number of carboxylic acid groups (broad SMARTS) is 4. The summed E-state index contributed by atoms with van der Waals surface area (Å²) >= 11 is 0. The minimum absolute atomic E-state index is 0.0129. The molecule has 0 fully saturated rings. The molecular weight excluding hydrogens is 432 g/mol. The van der Waals surface area contributed by atoms with Gasteiger partial charge in [0.1, 0.15) is 12.1 Å². The highest BCUT2D eigenvalue weighted by molar-refractivity contribution is 5.89. The van der Waals surface area contributed by atoms with E-state index in [1.807, 2.05) is 0 Å². The molecule has 2 atom stereocenters. The van der Waals surface area contributed by atoms with Crippen molar-refractivity contribution in [1.29, 1.82) is 0 Å². The second-order valence-electron chi connectivity index (χ2n) is 5.80. The van der Waals surface area contributed by atoms with Gasteiger partial charge in [-0.05, 0) is 25.7 Å². The van der Waals surface area contributed by atoms with Gasteiger partial charge in [-0.25, -0.2) is 9.59 Å². The van der Waals surface area contributed by atoms with Crippen LogP contribution in [0.2, 0.25) is 0 Å². The van der Waals surface area contributed by atoms with Crippen molar-refractivity contribution in [3.63, 3.8) is 0 Å². The van der Waals surface area contributed by atoms with Crippen LogP contribution < -0.4 is 34.4 Å². The first-order chi connectivity index (χ1) is 14.7. The number of aliphatic carboxylic acids is 4. The standard InChI is InChI=1S/2C6H14N4O2.C4H4O4/c2*7-4(5(11)12)2-1-3-10-6(8)9;5-3(6)1-2-4(7)8/h2*4H,1-3,7H2,(H,11,12)(H4,8,9,10);1-2H,(H,5,6)(H,7,8)/b;;2-1-/t2*4-;/m00./s1. The van der Waals surface area contributed by atoms with Crippen LogP contribution in [0.25, 0.3) is 0 Å². The molecule has 0 saturated carbocycles. The maximum absolute atomic E-state index is 10.2. The molecule has 0 aromatic heterocycles. The van der Waals surface area contributed by atoms with Gasteiger partial charge in [0.05, 0.1) is 0 Å². The SMILES string of the molecule is NC(N)=NCCC[C@H](N)C(=O)O.NC(N)=NCCC[C@H](N)C(=O)O.O=C(O)/C=C\C(=O)O. The van der Waals surface area contributed by atoms with Gasteiger partial charge in [0.2, 0.25) is 0 Å². The van der Waals surface area contributed by atoms with Crippen LogP contribution in [-0.4, -0.2) is 81.4 Å².